The first-order valence-electron chi connectivity index (χ1n) is 11.4. The van der Waals surface area contributed by atoms with Crippen LogP contribution < -0.4 is 10.1 Å². The van der Waals surface area contributed by atoms with Gasteiger partial charge >= 0.3 is 0 Å². The maximum absolute atomic E-state index is 13.4. The van der Waals surface area contributed by atoms with E-state index in [0.29, 0.717) is 31.1 Å². The molecule has 2 aliphatic rings. The molecule has 2 saturated heterocycles. The van der Waals surface area contributed by atoms with Crippen molar-refractivity contribution < 1.29 is 17.9 Å². The molecular weight excluding hydrogens is 426 g/mol. The van der Waals surface area contributed by atoms with Crippen molar-refractivity contribution in [2.75, 3.05) is 38.1 Å². The third kappa shape index (κ3) is 4.82. The topological polar surface area (TPSA) is 79.0 Å². The first kappa shape index (κ1) is 22.8. The maximum atomic E-state index is 13.4. The highest BCUT2D eigenvalue weighted by Gasteiger charge is 2.32. The molecule has 1 unspecified atom stereocenters. The van der Waals surface area contributed by atoms with Gasteiger partial charge in [0.15, 0.2) is 0 Å². The SMILES string of the molecule is CCOc1ccc(NC(=O)C(c2ccccc2)N2CCCC2)cc1S(=O)(=O)N1CCCC1. The van der Waals surface area contributed by atoms with E-state index in [1.54, 1.807) is 12.1 Å². The number of rotatable bonds is 8. The summed E-state index contributed by atoms with van der Waals surface area (Å²) < 4.78 is 33.6. The molecule has 1 N–H and O–H groups in total. The largest absolute Gasteiger partial charge is 0.492 e. The van der Waals surface area contributed by atoms with Crippen molar-refractivity contribution in [1.29, 1.82) is 0 Å². The number of ether oxygens (including phenoxy) is 1. The van der Waals surface area contributed by atoms with Gasteiger partial charge in [0.1, 0.15) is 16.7 Å². The van der Waals surface area contributed by atoms with Gasteiger partial charge in [0.05, 0.1) is 6.61 Å². The molecule has 7 nitrogen and oxygen atoms in total. The van der Waals surface area contributed by atoms with Crippen LogP contribution in [0.5, 0.6) is 5.75 Å². The molecular formula is C24H31N3O4S. The van der Waals surface area contributed by atoms with E-state index in [9.17, 15) is 13.2 Å². The molecule has 32 heavy (non-hydrogen) atoms. The van der Waals surface area contributed by atoms with Gasteiger partial charge in [-0.15, -0.1) is 0 Å². The van der Waals surface area contributed by atoms with Crippen LogP contribution in [0.3, 0.4) is 0 Å². The molecule has 2 heterocycles. The van der Waals surface area contributed by atoms with Crippen molar-refractivity contribution in [1.82, 2.24) is 9.21 Å². The van der Waals surface area contributed by atoms with Gasteiger partial charge in [0.2, 0.25) is 15.9 Å². The molecule has 172 valence electrons. The average Bonchev–Trinajstić information content (AvgIpc) is 3.51. The van der Waals surface area contributed by atoms with E-state index in [4.69, 9.17) is 4.74 Å². The number of sulfonamides is 1. The van der Waals surface area contributed by atoms with Crippen LogP contribution in [0.4, 0.5) is 5.69 Å². The molecule has 1 amide bonds. The van der Waals surface area contributed by atoms with E-state index in [1.807, 2.05) is 37.3 Å². The highest BCUT2D eigenvalue weighted by Crippen LogP contribution is 2.33. The van der Waals surface area contributed by atoms with Gasteiger partial charge in [-0.25, -0.2) is 8.42 Å². The summed E-state index contributed by atoms with van der Waals surface area (Å²) in [5.41, 5.74) is 1.39. The minimum absolute atomic E-state index is 0.108. The zero-order valence-electron chi connectivity index (χ0n) is 18.5. The van der Waals surface area contributed by atoms with E-state index in [0.717, 1.165) is 44.3 Å². The van der Waals surface area contributed by atoms with Crippen LogP contribution in [0.15, 0.2) is 53.4 Å². The Morgan fingerprint density at radius 1 is 1.00 bits per heavy atom. The predicted molar refractivity (Wildman–Crippen MR) is 124 cm³/mol. The fourth-order valence-corrected chi connectivity index (χ4v) is 6.18. The van der Waals surface area contributed by atoms with Gasteiger partial charge in [0, 0.05) is 18.8 Å². The average molecular weight is 458 g/mol. The third-order valence-corrected chi connectivity index (χ3v) is 7.98. The normalized spacial score (nSPS) is 18.5. The van der Waals surface area contributed by atoms with Crippen LogP contribution >= 0.6 is 0 Å². The Kier molecular flexibility index (Phi) is 7.13. The number of benzene rings is 2. The summed E-state index contributed by atoms with van der Waals surface area (Å²) >= 11 is 0. The Morgan fingerprint density at radius 3 is 2.31 bits per heavy atom. The minimum Gasteiger partial charge on any atom is -0.492 e. The van der Waals surface area contributed by atoms with Crippen LogP contribution in [0.1, 0.15) is 44.2 Å². The molecule has 0 saturated carbocycles. The lowest BCUT2D eigenvalue weighted by Crippen LogP contribution is -2.35. The van der Waals surface area contributed by atoms with Gasteiger partial charge < -0.3 is 10.1 Å². The van der Waals surface area contributed by atoms with Crippen molar-refractivity contribution in [3.63, 3.8) is 0 Å². The molecule has 2 fully saturated rings. The smallest absolute Gasteiger partial charge is 0.246 e. The molecule has 2 aliphatic heterocycles. The highest BCUT2D eigenvalue weighted by atomic mass is 32.2. The number of anilines is 1. The van der Waals surface area contributed by atoms with Crippen LogP contribution in [-0.4, -0.2) is 56.3 Å². The second kappa shape index (κ2) is 10.0. The summed E-state index contributed by atoms with van der Waals surface area (Å²) in [4.78, 5) is 15.7. The molecule has 0 radical (unpaired) electrons. The van der Waals surface area contributed by atoms with E-state index in [-0.39, 0.29) is 10.8 Å². The molecule has 0 spiro atoms. The number of nitrogens with one attached hydrogen (secondary N) is 1. The van der Waals surface area contributed by atoms with E-state index < -0.39 is 16.1 Å². The Morgan fingerprint density at radius 2 is 1.66 bits per heavy atom. The molecule has 1 atom stereocenters. The van der Waals surface area contributed by atoms with Crippen LogP contribution in [0, 0.1) is 0 Å². The monoisotopic (exact) mass is 457 g/mol. The first-order chi connectivity index (χ1) is 15.5. The summed E-state index contributed by atoms with van der Waals surface area (Å²) in [7, 11) is -3.69. The van der Waals surface area contributed by atoms with Crippen LogP contribution in [0.25, 0.3) is 0 Å². The zero-order chi connectivity index (χ0) is 22.6. The first-order valence-corrected chi connectivity index (χ1v) is 12.8. The number of carbonyl (C=O) groups excluding carboxylic acids is 1. The fourth-order valence-electron chi connectivity index (χ4n) is 4.50. The number of nitrogens with zero attached hydrogens (tertiary/aromatic N) is 2. The minimum atomic E-state index is -3.69. The third-order valence-electron chi connectivity index (χ3n) is 6.06. The Hall–Kier alpha value is -2.42. The summed E-state index contributed by atoms with van der Waals surface area (Å²) in [6.07, 6.45) is 3.85. The lowest BCUT2D eigenvalue weighted by Gasteiger charge is -2.27. The van der Waals surface area contributed by atoms with Gasteiger partial charge in [-0.2, -0.15) is 4.31 Å². The number of hydrogen-bond donors (Lipinski definition) is 1. The molecule has 2 aromatic rings. The van der Waals surface area contributed by atoms with Gasteiger partial charge in [-0.3, -0.25) is 9.69 Å². The Bertz CT molecular complexity index is 1030. The molecule has 0 bridgehead atoms. The summed E-state index contributed by atoms with van der Waals surface area (Å²) in [5.74, 6) is 0.156. The van der Waals surface area contributed by atoms with Crippen molar-refractivity contribution in [3.8, 4) is 5.75 Å². The quantitative estimate of drug-likeness (QED) is 0.655. The Labute approximate surface area is 190 Å². The second-order valence-electron chi connectivity index (χ2n) is 8.25. The molecule has 4 rings (SSSR count). The Balaban J connectivity index is 1.63. The maximum Gasteiger partial charge on any atom is 0.246 e. The highest BCUT2D eigenvalue weighted by molar-refractivity contribution is 7.89. The van der Waals surface area contributed by atoms with Crippen molar-refractivity contribution in [3.05, 3.63) is 54.1 Å². The number of likely N-dealkylation sites (tertiary alicyclic amines) is 1. The molecule has 0 aliphatic carbocycles. The van der Waals surface area contributed by atoms with E-state index >= 15 is 0 Å². The van der Waals surface area contributed by atoms with Crippen molar-refractivity contribution in [2.45, 2.75) is 43.5 Å². The standard InChI is InChI=1S/C24H31N3O4S/c1-2-31-21-13-12-20(18-22(21)32(29,30)27-16-8-9-17-27)25-24(28)23(26-14-6-7-15-26)19-10-4-3-5-11-19/h3-5,10-13,18,23H,2,6-9,14-17H2,1H3,(H,25,28). The fraction of sp³-hybridized carbons (Fsp3) is 0.458. The lowest BCUT2D eigenvalue weighted by molar-refractivity contribution is -0.121. The van der Waals surface area contributed by atoms with E-state index in [1.165, 1.54) is 10.4 Å². The molecule has 0 aromatic heterocycles. The molecule has 2 aromatic carbocycles. The predicted octanol–water partition coefficient (Wildman–Crippen LogP) is 3.65. The van der Waals surface area contributed by atoms with Crippen LogP contribution in [-0.2, 0) is 14.8 Å². The van der Waals surface area contributed by atoms with Gasteiger partial charge in [0.25, 0.3) is 0 Å². The van der Waals surface area contributed by atoms with E-state index in [2.05, 4.69) is 10.2 Å². The molecule has 8 heteroatoms. The number of hydrogen-bond acceptors (Lipinski definition) is 5. The van der Waals surface area contributed by atoms with Gasteiger partial charge in [-0.1, -0.05) is 30.3 Å². The van der Waals surface area contributed by atoms with Gasteiger partial charge in [-0.05, 0) is 69.5 Å². The van der Waals surface area contributed by atoms with Crippen molar-refractivity contribution >= 4 is 21.6 Å². The summed E-state index contributed by atoms with van der Waals surface area (Å²) in [6.45, 7) is 4.93. The van der Waals surface area contributed by atoms with Crippen molar-refractivity contribution in [2.24, 2.45) is 0 Å². The number of amides is 1. The second-order valence-corrected chi connectivity index (χ2v) is 10.2. The van der Waals surface area contributed by atoms with Crippen LogP contribution in [0.2, 0.25) is 0 Å². The number of carbonyl (C=O) groups is 1. The summed E-state index contributed by atoms with van der Waals surface area (Å²) in [5, 5.41) is 2.97. The zero-order valence-corrected chi connectivity index (χ0v) is 19.3. The summed E-state index contributed by atoms with van der Waals surface area (Å²) in [6, 6.07) is 14.2. The lowest BCUT2D eigenvalue weighted by atomic mass is 10.0.